The zero-order valence-corrected chi connectivity index (χ0v) is 20.5. The third kappa shape index (κ3) is 7.17. The number of aliphatic hydroxyl groups is 1. The molecule has 2 aliphatic heterocycles. The van der Waals surface area contributed by atoms with Gasteiger partial charge in [0.1, 0.15) is 6.10 Å². The second-order valence-electron chi connectivity index (χ2n) is 9.06. The summed E-state index contributed by atoms with van der Waals surface area (Å²) in [6.07, 6.45) is 4.38. The number of nitrogens with zero attached hydrogens (tertiary/aromatic N) is 3. The number of hydrogen-bond donors (Lipinski definition) is 3. The van der Waals surface area contributed by atoms with E-state index in [9.17, 15) is 14.7 Å². The largest absolute Gasteiger partial charge is 0.389 e. The van der Waals surface area contributed by atoms with Crippen LogP contribution in [0.25, 0.3) is 0 Å². The molecule has 3 amide bonds. The first-order chi connectivity index (χ1) is 16.9. The molecule has 3 heterocycles. The minimum Gasteiger partial charge on any atom is -0.389 e. The maximum absolute atomic E-state index is 13.1. The molecule has 4 atom stereocenters. The lowest BCUT2D eigenvalue weighted by Crippen LogP contribution is -2.58. The number of halogens is 1. The van der Waals surface area contributed by atoms with Gasteiger partial charge >= 0.3 is 6.03 Å². The molecule has 0 radical (unpaired) electrons. The van der Waals surface area contributed by atoms with Gasteiger partial charge in [0.05, 0.1) is 56.5 Å². The van der Waals surface area contributed by atoms with E-state index in [0.29, 0.717) is 36.5 Å². The van der Waals surface area contributed by atoms with Crippen molar-refractivity contribution < 1.29 is 24.2 Å². The monoisotopic (exact) mass is 505 g/mol. The number of β-amino-alcohol motifs (C(OH)–C–C–N with tert-alkyl or cyclic N) is 1. The topological polar surface area (TPSA) is 118 Å². The Morgan fingerprint density at radius 3 is 2.77 bits per heavy atom. The Morgan fingerprint density at radius 1 is 1.23 bits per heavy atom. The minimum absolute atomic E-state index is 0.0797. The summed E-state index contributed by atoms with van der Waals surface area (Å²) in [4.78, 5) is 31.5. The number of rotatable bonds is 6. The number of aryl methyl sites for hydroxylation is 1. The minimum atomic E-state index is -0.797. The van der Waals surface area contributed by atoms with Crippen LogP contribution in [0, 0.1) is 0 Å². The summed E-state index contributed by atoms with van der Waals surface area (Å²) < 4.78 is 13.7. The molecule has 11 heteroatoms. The van der Waals surface area contributed by atoms with E-state index < -0.39 is 12.2 Å². The van der Waals surface area contributed by atoms with Gasteiger partial charge in [0.25, 0.3) is 0 Å². The van der Waals surface area contributed by atoms with E-state index in [1.54, 1.807) is 35.5 Å². The first-order valence-electron chi connectivity index (χ1n) is 11.9. The highest BCUT2D eigenvalue weighted by molar-refractivity contribution is 6.30. The first kappa shape index (κ1) is 25.4. The van der Waals surface area contributed by atoms with Crippen LogP contribution in [0.1, 0.15) is 25.0 Å². The molecule has 3 N–H and O–H groups in total. The van der Waals surface area contributed by atoms with Crippen molar-refractivity contribution in [1.29, 1.82) is 0 Å². The molecule has 0 spiro atoms. The van der Waals surface area contributed by atoms with Gasteiger partial charge < -0.3 is 34.7 Å². The summed E-state index contributed by atoms with van der Waals surface area (Å²) in [6.45, 7) is 0.983. The molecule has 0 aliphatic carbocycles. The van der Waals surface area contributed by atoms with Gasteiger partial charge in [-0.2, -0.15) is 0 Å². The average molecular weight is 506 g/mol. The van der Waals surface area contributed by atoms with Crippen LogP contribution in [0.15, 0.2) is 36.8 Å². The number of nitrogens with one attached hydrogen (secondary N) is 2. The Bertz CT molecular complexity index is 1000. The van der Waals surface area contributed by atoms with Crippen molar-refractivity contribution in [3.8, 4) is 0 Å². The lowest BCUT2D eigenvalue weighted by molar-refractivity contribution is -0.149. The van der Waals surface area contributed by atoms with Crippen molar-refractivity contribution in [1.82, 2.24) is 19.8 Å². The van der Waals surface area contributed by atoms with E-state index in [0.717, 1.165) is 5.69 Å². The Morgan fingerprint density at radius 2 is 2.03 bits per heavy atom. The van der Waals surface area contributed by atoms with Gasteiger partial charge in [0, 0.05) is 36.9 Å². The molecular formula is C24H32ClN5O5. The van der Waals surface area contributed by atoms with Gasteiger partial charge in [-0.3, -0.25) is 4.79 Å². The summed E-state index contributed by atoms with van der Waals surface area (Å²) in [5.74, 6) is -0.0797. The zero-order valence-electron chi connectivity index (χ0n) is 19.7. The maximum Gasteiger partial charge on any atom is 0.322 e. The van der Waals surface area contributed by atoms with Crippen molar-refractivity contribution in [3.05, 3.63) is 47.5 Å². The highest BCUT2D eigenvalue weighted by Crippen LogP contribution is 2.28. The van der Waals surface area contributed by atoms with Gasteiger partial charge in [0.15, 0.2) is 0 Å². The van der Waals surface area contributed by atoms with E-state index >= 15 is 0 Å². The molecule has 190 valence electrons. The van der Waals surface area contributed by atoms with Gasteiger partial charge in [-0.25, -0.2) is 9.78 Å². The molecule has 0 unspecified atom stereocenters. The summed E-state index contributed by atoms with van der Waals surface area (Å²) in [7, 11) is 1.91. The maximum atomic E-state index is 13.1. The molecule has 1 aromatic carbocycles. The molecule has 0 bridgehead atoms. The molecule has 0 saturated carbocycles. The van der Waals surface area contributed by atoms with Crippen molar-refractivity contribution in [2.75, 3.05) is 31.6 Å². The predicted octanol–water partition coefficient (Wildman–Crippen LogP) is 1.96. The second kappa shape index (κ2) is 11.9. The summed E-state index contributed by atoms with van der Waals surface area (Å²) in [5.41, 5.74) is 1.54. The van der Waals surface area contributed by atoms with Crippen LogP contribution in [-0.4, -0.2) is 82.2 Å². The number of anilines is 1. The SMILES string of the molecule is Cn1cnc(CCNC(=O)C[C@H]2CC[C@H]3[C@@H](COC[C@@H](O)CN3C(=O)Nc3ccc(Cl)cc3)O2)c1. The molecule has 2 aromatic rings. The summed E-state index contributed by atoms with van der Waals surface area (Å²) >= 11 is 5.93. The van der Waals surface area contributed by atoms with Crippen molar-refractivity contribution in [3.63, 3.8) is 0 Å². The standard InChI is InChI=1S/C24H32ClN5O5/c1-29-11-18(27-15-29)8-9-26-23(32)10-20-6-7-21-22(35-20)14-34-13-19(31)12-30(21)24(33)28-17-4-2-16(25)3-5-17/h2-5,11,15,19-22,31H,6-10,12-14H2,1H3,(H,26,32)(H,28,33)/t19-,20+,21-,22+/m0/s1. The van der Waals surface area contributed by atoms with Gasteiger partial charge in [-0.1, -0.05) is 11.6 Å². The van der Waals surface area contributed by atoms with Crippen LogP contribution >= 0.6 is 11.6 Å². The molecule has 35 heavy (non-hydrogen) atoms. The number of urea groups is 1. The molecule has 2 saturated heterocycles. The highest BCUT2D eigenvalue weighted by atomic mass is 35.5. The number of ether oxygens (including phenoxy) is 2. The molecule has 4 rings (SSSR count). The van der Waals surface area contributed by atoms with Crippen LogP contribution in [0.3, 0.4) is 0 Å². The third-order valence-electron chi connectivity index (χ3n) is 6.21. The normalized spacial score (nSPS) is 24.7. The van der Waals surface area contributed by atoms with E-state index in [1.165, 1.54) is 0 Å². The highest BCUT2D eigenvalue weighted by Gasteiger charge is 2.40. The quantitative estimate of drug-likeness (QED) is 0.552. The fourth-order valence-corrected chi connectivity index (χ4v) is 4.63. The zero-order chi connectivity index (χ0) is 24.8. The van der Waals surface area contributed by atoms with Crippen molar-refractivity contribution in [2.45, 2.75) is 50.0 Å². The lowest BCUT2D eigenvalue weighted by atomic mass is 9.95. The molecular weight excluding hydrogens is 474 g/mol. The third-order valence-corrected chi connectivity index (χ3v) is 6.46. The number of carbonyl (C=O) groups excluding carboxylic acids is 2. The van der Waals surface area contributed by atoms with E-state index in [1.807, 2.05) is 17.8 Å². The van der Waals surface area contributed by atoms with Crippen LogP contribution in [-0.2, 0) is 27.7 Å². The van der Waals surface area contributed by atoms with Gasteiger partial charge in [-0.05, 0) is 37.1 Å². The van der Waals surface area contributed by atoms with Gasteiger partial charge in [0.2, 0.25) is 5.91 Å². The van der Waals surface area contributed by atoms with Crippen molar-refractivity contribution >= 4 is 29.2 Å². The molecule has 2 fully saturated rings. The number of amides is 3. The number of aliphatic hydroxyl groups excluding tert-OH is 1. The Balaban J connectivity index is 1.32. The van der Waals surface area contributed by atoms with E-state index in [-0.39, 0.29) is 50.3 Å². The fraction of sp³-hybridized carbons (Fsp3) is 0.542. The number of imidazole rings is 1. The summed E-state index contributed by atoms with van der Waals surface area (Å²) in [6, 6.07) is 6.25. The van der Waals surface area contributed by atoms with Crippen LogP contribution in [0.2, 0.25) is 5.02 Å². The smallest absolute Gasteiger partial charge is 0.322 e. The lowest BCUT2D eigenvalue weighted by Gasteiger charge is -2.44. The predicted molar refractivity (Wildman–Crippen MR) is 130 cm³/mol. The van der Waals surface area contributed by atoms with E-state index in [4.69, 9.17) is 21.1 Å². The number of carbonyl (C=O) groups is 2. The number of aromatic nitrogens is 2. The van der Waals surface area contributed by atoms with Gasteiger partial charge in [-0.15, -0.1) is 0 Å². The molecule has 2 aliphatic rings. The molecule has 1 aromatic heterocycles. The Labute approximate surface area is 209 Å². The number of benzene rings is 1. The molecule has 10 nitrogen and oxygen atoms in total. The first-order valence-corrected chi connectivity index (χ1v) is 12.2. The Hall–Kier alpha value is -2.66. The van der Waals surface area contributed by atoms with Crippen LogP contribution in [0.4, 0.5) is 10.5 Å². The summed E-state index contributed by atoms with van der Waals surface area (Å²) in [5, 5.41) is 16.7. The second-order valence-corrected chi connectivity index (χ2v) is 9.49. The number of hydrogen-bond acceptors (Lipinski definition) is 6. The van der Waals surface area contributed by atoms with E-state index in [2.05, 4.69) is 15.6 Å². The Kier molecular flexibility index (Phi) is 8.61. The van der Waals surface area contributed by atoms with Crippen LogP contribution < -0.4 is 10.6 Å². The average Bonchev–Trinajstić information content (AvgIpc) is 3.23. The number of fused-ring (bicyclic) bond motifs is 1. The van der Waals surface area contributed by atoms with Crippen LogP contribution in [0.5, 0.6) is 0 Å². The van der Waals surface area contributed by atoms with Crippen molar-refractivity contribution in [2.24, 2.45) is 7.05 Å². The fourth-order valence-electron chi connectivity index (χ4n) is 4.51.